The van der Waals surface area contributed by atoms with Gasteiger partial charge in [0.05, 0.1) is 11.8 Å². The predicted molar refractivity (Wildman–Crippen MR) is 56.2 cm³/mol. The summed E-state index contributed by atoms with van der Waals surface area (Å²) in [7, 11) is 0. The summed E-state index contributed by atoms with van der Waals surface area (Å²) in [4.78, 5) is 15.1. The Morgan fingerprint density at radius 3 is 2.71 bits per heavy atom. The fraction of sp³-hybridized carbons (Fsp3) is 0.625. The number of carbonyl (C=O) groups is 1. The largest absolute Gasteiger partial charge is 0.442 e. The van der Waals surface area contributed by atoms with Gasteiger partial charge in [-0.05, 0) is 25.6 Å². The second-order valence-electron chi connectivity index (χ2n) is 3.30. The molecule has 1 amide bonds. The second-order valence-corrected chi connectivity index (χ2v) is 4.34. The highest BCUT2D eigenvalue weighted by atomic mass is 32.2. The van der Waals surface area contributed by atoms with Crippen LogP contribution in [0.3, 0.4) is 0 Å². The van der Waals surface area contributed by atoms with Crippen LogP contribution >= 0.6 is 11.8 Å². The fourth-order valence-corrected chi connectivity index (χ4v) is 1.43. The highest BCUT2D eigenvalue weighted by Crippen LogP contribution is 2.29. The van der Waals surface area contributed by atoms with E-state index in [0.717, 1.165) is 0 Å². The molecular formula is C8H11F3N4OS. The molecule has 0 saturated heterocycles. The zero-order valence-electron chi connectivity index (χ0n) is 9.13. The monoisotopic (exact) mass is 268 g/mol. The van der Waals surface area contributed by atoms with E-state index in [-0.39, 0.29) is 11.8 Å². The normalized spacial score (nSPS) is 13.5. The van der Waals surface area contributed by atoms with Gasteiger partial charge in [0.2, 0.25) is 5.91 Å². The SMILES string of the molecule is Cc1nc([C@@H](C)NC(=O)CSC(F)(F)F)n[nH]1. The first-order valence-corrected chi connectivity index (χ1v) is 5.65. The summed E-state index contributed by atoms with van der Waals surface area (Å²) in [6.45, 7) is 3.28. The van der Waals surface area contributed by atoms with Crippen LogP contribution in [-0.4, -0.2) is 32.3 Å². The van der Waals surface area contributed by atoms with Crippen molar-refractivity contribution in [2.24, 2.45) is 0 Å². The van der Waals surface area contributed by atoms with Gasteiger partial charge in [0.25, 0.3) is 0 Å². The minimum absolute atomic E-state index is 0.341. The summed E-state index contributed by atoms with van der Waals surface area (Å²) >= 11 is -0.377. The number of H-pyrrole nitrogens is 1. The Morgan fingerprint density at radius 1 is 1.59 bits per heavy atom. The number of carbonyl (C=O) groups excluding carboxylic acids is 1. The number of rotatable bonds is 4. The van der Waals surface area contributed by atoms with Crippen molar-refractivity contribution in [1.82, 2.24) is 20.5 Å². The third-order valence-electron chi connectivity index (χ3n) is 1.75. The standard InChI is InChI=1S/C8H11F3N4OS/c1-4(7-13-5(2)14-15-7)12-6(16)3-17-8(9,10)11/h4H,3H2,1-2H3,(H,12,16)(H,13,14,15)/t4-/m1/s1. The molecule has 0 aliphatic heterocycles. The predicted octanol–water partition coefficient (Wildman–Crippen LogP) is 1.54. The Hall–Kier alpha value is -1.25. The Labute approximate surface area is 99.6 Å². The summed E-state index contributed by atoms with van der Waals surface area (Å²) in [5.74, 6) is -0.460. The van der Waals surface area contributed by atoms with Crippen molar-refractivity contribution >= 4 is 17.7 Å². The zero-order valence-corrected chi connectivity index (χ0v) is 9.95. The molecule has 0 bridgehead atoms. The summed E-state index contributed by atoms with van der Waals surface area (Å²) in [6.07, 6.45) is 0. The minimum Gasteiger partial charge on any atom is -0.346 e. The lowest BCUT2D eigenvalue weighted by Crippen LogP contribution is -2.29. The average molecular weight is 268 g/mol. The van der Waals surface area contributed by atoms with Crippen LogP contribution < -0.4 is 5.32 Å². The van der Waals surface area contributed by atoms with Crippen LogP contribution in [0.5, 0.6) is 0 Å². The molecule has 0 aliphatic rings. The number of halogens is 3. The number of aryl methyl sites for hydroxylation is 1. The maximum absolute atomic E-state index is 11.8. The van der Waals surface area contributed by atoms with Crippen LogP contribution in [0.15, 0.2) is 0 Å². The maximum Gasteiger partial charge on any atom is 0.442 e. The Kier molecular flexibility index (Phi) is 4.38. The molecule has 96 valence electrons. The lowest BCUT2D eigenvalue weighted by molar-refractivity contribution is -0.119. The van der Waals surface area contributed by atoms with Crippen LogP contribution in [0.2, 0.25) is 0 Å². The number of hydrogen-bond donors (Lipinski definition) is 2. The van der Waals surface area contributed by atoms with E-state index in [1.54, 1.807) is 13.8 Å². The molecule has 17 heavy (non-hydrogen) atoms. The van der Waals surface area contributed by atoms with E-state index in [0.29, 0.717) is 11.6 Å². The summed E-state index contributed by atoms with van der Waals surface area (Å²) in [5, 5.41) is 8.76. The number of hydrogen-bond acceptors (Lipinski definition) is 4. The summed E-state index contributed by atoms with van der Waals surface area (Å²) < 4.78 is 35.5. The quantitative estimate of drug-likeness (QED) is 0.869. The van der Waals surface area contributed by atoms with Gasteiger partial charge < -0.3 is 5.32 Å². The fourth-order valence-electron chi connectivity index (χ4n) is 1.05. The van der Waals surface area contributed by atoms with Gasteiger partial charge in [0.1, 0.15) is 5.82 Å². The van der Waals surface area contributed by atoms with Crippen molar-refractivity contribution < 1.29 is 18.0 Å². The molecule has 0 fully saturated rings. The summed E-state index contributed by atoms with van der Waals surface area (Å²) in [6, 6.07) is -0.527. The first-order chi connectivity index (χ1) is 7.78. The van der Waals surface area contributed by atoms with Crippen molar-refractivity contribution in [3.8, 4) is 0 Å². The molecule has 1 atom stereocenters. The number of amides is 1. The Balaban J connectivity index is 2.41. The Morgan fingerprint density at radius 2 is 2.24 bits per heavy atom. The van der Waals surface area contributed by atoms with E-state index in [4.69, 9.17) is 0 Å². The molecule has 0 aromatic carbocycles. The van der Waals surface area contributed by atoms with Crippen molar-refractivity contribution in [3.63, 3.8) is 0 Å². The third-order valence-corrected chi connectivity index (χ3v) is 2.48. The first-order valence-electron chi connectivity index (χ1n) is 4.67. The molecule has 1 aromatic heterocycles. The van der Waals surface area contributed by atoms with E-state index in [1.165, 1.54) is 0 Å². The lowest BCUT2D eigenvalue weighted by Gasteiger charge is -2.10. The number of nitrogens with one attached hydrogen (secondary N) is 2. The molecule has 0 unspecified atom stereocenters. The van der Waals surface area contributed by atoms with Gasteiger partial charge in [-0.25, -0.2) is 4.98 Å². The zero-order chi connectivity index (χ0) is 13.1. The van der Waals surface area contributed by atoms with Gasteiger partial charge in [0.15, 0.2) is 5.82 Å². The van der Waals surface area contributed by atoms with Gasteiger partial charge >= 0.3 is 5.51 Å². The molecule has 9 heteroatoms. The number of nitrogens with zero attached hydrogens (tertiary/aromatic N) is 2. The van der Waals surface area contributed by atoms with Crippen molar-refractivity contribution in [2.45, 2.75) is 25.4 Å². The van der Waals surface area contributed by atoms with Gasteiger partial charge in [0, 0.05) is 0 Å². The van der Waals surface area contributed by atoms with E-state index in [9.17, 15) is 18.0 Å². The van der Waals surface area contributed by atoms with Crippen molar-refractivity contribution in [1.29, 1.82) is 0 Å². The molecule has 0 saturated carbocycles. The van der Waals surface area contributed by atoms with Crippen LogP contribution in [0.25, 0.3) is 0 Å². The molecule has 0 radical (unpaired) electrons. The third kappa shape index (κ3) is 5.07. The van der Waals surface area contributed by atoms with Gasteiger partial charge in [-0.15, -0.1) is 0 Å². The minimum atomic E-state index is -4.40. The number of thioether (sulfide) groups is 1. The van der Waals surface area contributed by atoms with Gasteiger partial charge in [-0.1, -0.05) is 0 Å². The lowest BCUT2D eigenvalue weighted by atomic mass is 10.3. The van der Waals surface area contributed by atoms with Crippen LogP contribution in [0.1, 0.15) is 24.6 Å². The average Bonchev–Trinajstić information content (AvgIpc) is 2.61. The molecule has 1 aromatic rings. The molecule has 0 aliphatic carbocycles. The maximum atomic E-state index is 11.8. The van der Waals surface area contributed by atoms with Crippen molar-refractivity contribution in [3.05, 3.63) is 11.6 Å². The molecule has 0 spiro atoms. The molecule has 1 rings (SSSR count). The topological polar surface area (TPSA) is 70.7 Å². The highest BCUT2D eigenvalue weighted by Gasteiger charge is 2.29. The van der Waals surface area contributed by atoms with E-state index in [1.807, 2.05) is 0 Å². The molecular weight excluding hydrogens is 257 g/mol. The Bertz CT molecular complexity index is 392. The van der Waals surface area contributed by atoms with Gasteiger partial charge in [-0.3, -0.25) is 9.89 Å². The molecule has 2 N–H and O–H groups in total. The van der Waals surface area contributed by atoms with Crippen molar-refractivity contribution in [2.75, 3.05) is 5.75 Å². The first kappa shape index (κ1) is 13.8. The smallest absolute Gasteiger partial charge is 0.346 e. The number of alkyl halides is 3. The highest BCUT2D eigenvalue weighted by molar-refractivity contribution is 8.00. The van der Waals surface area contributed by atoms with E-state index >= 15 is 0 Å². The van der Waals surface area contributed by atoms with E-state index < -0.39 is 23.2 Å². The van der Waals surface area contributed by atoms with Crippen LogP contribution in [0, 0.1) is 6.92 Å². The molecule has 5 nitrogen and oxygen atoms in total. The number of aromatic nitrogens is 3. The summed E-state index contributed by atoms with van der Waals surface area (Å²) in [5.41, 5.74) is -4.40. The number of aromatic amines is 1. The van der Waals surface area contributed by atoms with E-state index in [2.05, 4.69) is 20.5 Å². The van der Waals surface area contributed by atoms with Crippen LogP contribution in [-0.2, 0) is 4.79 Å². The van der Waals surface area contributed by atoms with Crippen LogP contribution in [0.4, 0.5) is 13.2 Å². The molecule has 1 heterocycles. The second kappa shape index (κ2) is 5.39. The van der Waals surface area contributed by atoms with Gasteiger partial charge in [-0.2, -0.15) is 18.3 Å².